The van der Waals surface area contributed by atoms with E-state index in [4.69, 9.17) is 0 Å². The van der Waals surface area contributed by atoms with Gasteiger partial charge in [-0.3, -0.25) is 0 Å². The minimum absolute atomic E-state index is 0.0478. The van der Waals surface area contributed by atoms with Gasteiger partial charge in [0, 0.05) is 10.8 Å². The quantitative estimate of drug-likeness (QED) is 0.377. The van der Waals surface area contributed by atoms with Crippen molar-refractivity contribution in [1.29, 1.82) is 0 Å². The summed E-state index contributed by atoms with van der Waals surface area (Å²) in [5.41, 5.74) is 2.01. The number of aromatic hydroxyl groups is 2. The minimum atomic E-state index is 0.0478. The highest BCUT2D eigenvalue weighted by Crippen LogP contribution is 2.39. The monoisotopic (exact) mass is 262 g/mol. The molecule has 96 valence electrons. The number of para-hydroxylation sites is 2. The van der Waals surface area contributed by atoms with Crippen molar-refractivity contribution in [2.24, 2.45) is 0 Å². The average Bonchev–Trinajstić information content (AvgIpc) is 2.51. The van der Waals surface area contributed by atoms with E-state index in [1.807, 2.05) is 36.4 Å². The van der Waals surface area contributed by atoms with Crippen LogP contribution >= 0.6 is 0 Å². The molecule has 0 aliphatic rings. The summed E-state index contributed by atoms with van der Waals surface area (Å²) in [6.45, 7) is 0. The van der Waals surface area contributed by atoms with Crippen LogP contribution in [-0.2, 0) is 0 Å². The lowest BCUT2D eigenvalue weighted by Gasteiger charge is -2.09. The van der Waals surface area contributed by atoms with Crippen molar-refractivity contribution < 1.29 is 10.2 Å². The first-order valence-electron chi connectivity index (χ1n) is 6.25. The van der Waals surface area contributed by atoms with E-state index < -0.39 is 0 Å². The second kappa shape index (κ2) is 3.81. The highest BCUT2D eigenvalue weighted by Gasteiger charge is 2.15. The van der Waals surface area contributed by atoms with Gasteiger partial charge in [0.2, 0.25) is 0 Å². The topological polar surface area (TPSA) is 66.2 Å². The molecule has 0 atom stereocenters. The van der Waals surface area contributed by atoms with Crippen molar-refractivity contribution in [3.63, 3.8) is 0 Å². The summed E-state index contributed by atoms with van der Waals surface area (Å²) >= 11 is 0. The molecule has 20 heavy (non-hydrogen) atoms. The highest BCUT2D eigenvalue weighted by atomic mass is 16.3. The van der Waals surface area contributed by atoms with Crippen LogP contribution in [-0.4, -0.2) is 20.2 Å². The summed E-state index contributed by atoms with van der Waals surface area (Å²) in [6, 6.07) is 14.5. The molecule has 0 spiro atoms. The summed E-state index contributed by atoms with van der Waals surface area (Å²) in [5.74, 6) is 0.0957. The number of fused-ring (bicyclic) bond motifs is 3. The van der Waals surface area contributed by atoms with Gasteiger partial charge in [-0.1, -0.05) is 36.4 Å². The molecule has 4 nitrogen and oxygen atoms in total. The molecule has 0 aliphatic heterocycles. The maximum absolute atomic E-state index is 10.4. The van der Waals surface area contributed by atoms with Crippen molar-refractivity contribution in [2.45, 2.75) is 0 Å². The van der Waals surface area contributed by atoms with Gasteiger partial charge in [-0.15, -0.1) is 0 Å². The van der Waals surface area contributed by atoms with Gasteiger partial charge in [-0.05, 0) is 12.1 Å². The van der Waals surface area contributed by atoms with E-state index in [2.05, 4.69) is 9.97 Å². The number of phenols is 2. The normalized spacial score (nSPS) is 11.4. The zero-order chi connectivity index (χ0) is 13.7. The second-order valence-corrected chi connectivity index (χ2v) is 4.65. The first kappa shape index (κ1) is 11.0. The van der Waals surface area contributed by atoms with E-state index in [9.17, 15) is 10.2 Å². The van der Waals surface area contributed by atoms with Crippen LogP contribution in [0.25, 0.3) is 32.8 Å². The zero-order valence-electron chi connectivity index (χ0n) is 10.4. The number of nitrogens with zero attached hydrogens (tertiary/aromatic N) is 2. The smallest absolute Gasteiger partial charge is 0.151 e. The number of aromatic nitrogens is 2. The van der Waals surface area contributed by atoms with Gasteiger partial charge in [0.1, 0.15) is 11.0 Å². The fourth-order valence-corrected chi connectivity index (χ4v) is 2.48. The van der Waals surface area contributed by atoms with Crippen LogP contribution in [0, 0.1) is 0 Å². The molecule has 0 aliphatic carbocycles. The lowest BCUT2D eigenvalue weighted by molar-refractivity contribution is 0.477. The number of rotatable bonds is 0. The molecule has 0 fully saturated rings. The van der Waals surface area contributed by atoms with Crippen molar-refractivity contribution in [1.82, 2.24) is 9.97 Å². The Labute approximate surface area is 114 Å². The van der Waals surface area contributed by atoms with E-state index in [1.165, 1.54) is 0 Å². The van der Waals surface area contributed by atoms with E-state index in [-0.39, 0.29) is 11.5 Å². The maximum Gasteiger partial charge on any atom is 0.151 e. The van der Waals surface area contributed by atoms with Crippen LogP contribution in [0.3, 0.4) is 0 Å². The van der Waals surface area contributed by atoms with E-state index >= 15 is 0 Å². The summed E-state index contributed by atoms with van der Waals surface area (Å²) in [5, 5.41) is 21.9. The Morgan fingerprint density at radius 2 is 1.00 bits per heavy atom. The standard InChI is InChI=1S/C16H10N2O2/c19-15-9-5-1-2-6-10(9)16(20)14-13(15)17-11-7-3-4-8-12(11)18-14/h1-8,19-20H. The van der Waals surface area contributed by atoms with Crippen LogP contribution < -0.4 is 0 Å². The Balaban J connectivity index is 2.31. The van der Waals surface area contributed by atoms with Gasteiger partial charge >= 0.3 is 0 Å². The Bertz CT molecular complexity index is 900. The first-order valence-corrected chi connectivity index (χ1v) is 6.25. The van der Waals surface area contributed by atoms with Crippen LogP contribution in [0.1, 0.15) is 0 Å². The summed E-state index contributed by atoms with van der Waals surface area (Å²) in [7, 11) is 0. The minimum Gasteiger partial charge on any atom is -0.505 e. The van der Waals surface area contributed by atoms with Gasteiger partial charge in [0.25, 0.3) is 0 Å². The molecule has 1 heterocycles. The van der Waals surface area contributed by atoms with Crippen LogP contribution in [0.5, 0.6) is 11.5 Å². The lowest BCUT2D eigenvalue weighted by atomic mass is 10.1. The SMILES string of the molecule is Oc1c2ccccc2c(O)c2nc3ccccc3nc12. The molecule has 0 saturated carbocycles. The van der Waals surface area contributed by atoms with E-state index in [0.717, 1.165) is 0 Å². The molecule has 4 aromatic rings. The molecule has 0 radical (unpaired) electrons. The number of hydrogen-bond acceptors (Lipinski definition) is 4. The van der Waals surface area contributed by atoms with E-state index in [0.29, 0.717) is 32.8 Å². The van der Waals surface area contributed by atoms with Gasteiger partial charge in [0.05, 0.1) is 11.0 Å². The zero-order valence-corrected chi connectivity index (χ0v) is 10.4. The summed E-state index contributed by atoms with van der Waals surface area (Å²) in [4.78, 5) is 8.83. The van der Waals surface area contributed by atoms with Crippen molar-refractivity contribution in [2.75, 3.05) is 0 Å². The Morgan fingerprint density at radius 1 is 0.600 bits per heavy atom. The second-order valence-electron chi connectivity index (χ2n) is 4.65. The molecule has 2 N–H and O–H groups in total. The molecule has 0 bridgehead atoms. The summed E-state index contributed by atoms with van der Waals surface area (Å²) in [6.07, 6.45) is 0. The fourth-order valence-electron chi connectivity index (χ4n) is 2.48. The van der Waals surface area contributed by atoms with Gasteiger partial charge < -0.3 is 10.2 Å². The van der Waals surface area contributed by atoms with Gasteiger partial charge in [-0.25, -0.2) is 9.97 Å². The van der Waals surface area contributed by atoms with E-state index in [1.54, 1.807) is 12.1 Å². The lowest BCUT2D eigenvalue weighted by Crippen LogP contribution is -1.90. The maximum atomic E-state index is 10.4. The Morgan fingerprint density at radius 3 is 1.45 bits per heavy atom. The molecule has 0 amide bonds. The largest absolute Gasteiger partial charge is 0.505 e. The summed E-state index contributed by atoms with van der Waals surface area (Å²) < 4.78 is 0. The predicted octanol–water partition coefficient (Wildman–Crippen LogP) is 3.35. The third kappa shape index (κ3) is 1.36. The molecular weight excluding hydrogens is 252 g/mol. The first-order chi connectivity index (χ1) is 9.75. The predicted molar refractivity (Wildman–Crippen MR) is 77.9 cm³/mol. The Kier molecular flexibility index (Phi) is 2.09. The molecule has 3 aromatic carbocycles. The van der Waals surface area contributed by atoms with Crippen LogP contribution in [0.2, 0.25) is 0 Å². The van der Waals surface area contributed by atoms with Crippen molar-refractivity contribution in [3.05, 3.63) is 48.5 Å². The fraction of sp³-hybridized carbons (Fsp3) is 0. The molecule has 0 saturated heterocycles. The third-order valence-corrected chi connectivity index (χ3v) is 3.46. The molecular formula is C16H10N2O2. The average molecular weight is 262 g/mol. The molecule has 0 unspecified atom stereocenters. The van der Waals surface area contributed by atoms with Gasteiger partial charge in [0.15, 0.2) is 11.5 Å². The van der Waals surface area contributed by atoms with Crippen LogP contribution in [0.15, 0.2) is 48.5 Å². The highest BCUT2D eigenvalue weighted by molar-refractivity contribution is 6.09. The van der Waals surface area contributed by atoms with Gasteiger partial charge in [-0.2, -0.15) is 0 Å². The number of hydrogen-bond donors (Lipinski definition) is 2. The van der Waals surface area contributed by atoms with Crippen molar-refractivity contribution in [3.8, 4) is 11.5 Å². The third-order valence-electron chi connectivity index (χ3n) is 3.46. The Hall–Kier alpha value is -2.88. The number of phenolic OH excluding ortho intramolecular Hbond substituents is 2. The molecule has 1 aromatic heterocycles. The molecule has 4 heteroatoms. The van der Waals surface area contributed by atoms with Crippen molar-refractivity contribution >= 4 is 32.8 Å². The number of benzene rings is 3. The molecule has 4 rings (SSSR count). The van der Waals surface area contributed by atoms with Crippen LogP contribution in [0.4, 0.5) is 0 Å².